The standard InChI is InChI=1S/C21H17ClN4O6S2/c1-31-13-5-8-16(32-2)15(11-13)26-19(27)17(22)18(20(26)28)24-12-3-6-14(7-4-12)34(29,30)25-21-23-9-10-33-21/h3-11,24H,1-2H3,(H,23,25). The summed E-state index contributed by atoms with van der Waals surface area (Å²) in [5, 5.41) is 4.36. The van der Waals surface area contributed by atoms with Crippen LogP contribution in [0.15, 0.2) is 69.7 Å². The number of nitrogens with zero attached hydrogens (tertiary/aromatic N) is 2. The third kappa shape index (κ3) is 4.42. The number of imide groups is 1. The zero-order valence-corrected chi connectivity index (χ0v) is 20.1. The van der Waals surface area contributed by atoms with E-state index in [9.17, 15) is 18.0 Å². The Kier molecular flexibility index (Phi) is 6.46. The molecule has 0 saturated carbocycles. The number of hydrogen-bond donors (Lipinski definition) is 2. The molecule has 1 aliphatic heterocycles. The lowest BCUT2D eigenvalue weighted by molar-refractivity contribution is -0.120. The molecule has 176 valence electrons. The van der Waals surface area contributed by atoms with Crippen molar-refractivity contribution in [3.63, 3.8) is 0 Å². The van der Waals surface area contributed by atoms with E-state index < -0.39 is 21.8 Å². The summed E-state index contributed by atoms with van der Waals surface area (Å²) in [5.41, 5.74) is 0.358. The Morgan fingerprint density at radius 1 is 1.03 bits per heavy atom. The summed E-state index contributed by atoms with van der Waals surface area (Å²) < 4.78 is 37.8. The van der Waals surface area contributed by atoms with Gasteiger partial charge in [-0.1, -0.05) is 11.6 Å². The molecule has 0 atom stereocenters. The number of aromatic nitrogens is 1. The van der Waals surface area contributed by atoms with Gasteiger partial charge in [-0.3, -0.25) is 14.3 Å². The molecule has 3 aromatic rings. The van der Waals surface area contributed by atoms with E-state index in [4.69, 9.17) is 21.1 Å². The summed E-state index contributed by atoms with van der Waals surface area (Å²) in [6, 6.07) is 10.2. The molecular formula is C21H17ClN4O6S2. The molecule has 0 radical (unpaired) electrons. The van der Waals surface area contributed by atoms with Gasteiger partial charge in [0.25, 0.3) is 21.8 Å². The first-order valence-electron chi connectivity index (χ1n) is 9.55. The molecule has 0 spiro atoms. The molecule has 2 N–H and O–H groups in total. The summed E-state index contributed by atoms with van der Waals surface area (Å²) in [7, 11) is -0.981. The summed E-state index contributed by atoms with van der Waals surface area (Å²) >= 11 is 7.34. The lowest BCUT2D eigenvalue weighted by Gasteiger charge is -2.19. The molecule has 0 bridgehead atoms. The van der Waals surface area contributed by atoms with Gasteiger partial charge in [0.1, 0.15) is 22.2 Å². The SMILES string of the molecule is COc1ccc(OC)c(N2C(=O)C(Cl)=C(Nc3ccc(S(=O)(=O)Nc4nccs4)cc3)C2=O)c1. The fraction of sp³-hybridized carbons (Fsp3) is 0.0952. The number of sulfonamides is 1. The maximum atomic E-state index is 13.1. The smallest absolute Gasteiger partial charge is 0.283 e. The van der Waals surface area contributed by atoms with E-state index in [2.05, 4.69) is 15.0 Å². The minimum atomic E-state index is -3.84. The lowest BCUT2D eigenvalue weighted by Crippen LogP contribution is -2.32. The molecule has 34 heavy (non-hydrogen) atoms. The molecule has 1 aromatic heterocycles. The maximum Gasteiger partial charge on any atom is 0.283 e. The maximum absolute atomic E-state index is 13.1. The van der Waals surface area contributed by atoms with Gasteiger partial charge in [0.2, 0.25) is 0 Å². The van der Waals surface area contributed by atoms with Crippen molar-refractivity contribution < 1.29 is 27.5 Å². The molecule has 2 heterocycles. The van der Waals surface area contributed by atoms with E-state index in [0.717, 1.165) is 16.2 Å². The number of carbonyl (C=O) groups excluding carboxylic acids is 2. The molecule has 4 rings (SSSR count). The summed E-state index contributed by atoms with van der Waals surface area (Å²) in [4.78, 5) is 30.7. The van der Waals surface area contributed by atoms with Gasteiger partial charge in [-0.05, 0) is 36.4 Å². The molecule has 1 aliphatic rings. The number of methoxy groups -OCH3 is 2. The Balaban J connectivity index is 1.57. The normalized spacial score (nSPS) is 13.9. The van der Waals surface area contributed by atoms with Crippen molar-refractivity contribution in [2.45, 2.75) is 4.90 Å². The number of benzene rings is 2. The van der Waals surface area contributed by atoms with Gasteiger partial charge in [-0.25, -0.2) is 18.3 Å². The largest absolute Gasteiger partial charge is 0.497 e. The Morgan fingerprint density at radius 3 is 2.38 bits per heavy atom. The third-order valence-electron chi connectivity index (χ3n) is 4.74. The van der Waals surface area contributed by atoms with Gasteiger partial charge in [0, 0.05) is 23.3 Å². The third-order valence-corrected chi connectivity index (χ3v) is 7.27. The molecule has 10 nitrogen and oxygen atoms in total. The van der Waals surface area contributed by atoms with Crippen LogP contribution in [0, 0.1) is 0 Å². The van der Waals surface area contributed by atoms with Gasteiger partial charge in [0.15, 0.2) is 5.13 Å². The van der Waals surface area contributed by atoms with Crippen molar-refractivity contribution in [2.75, 3.05) is 29.2 Å². The molecule has 2 amide bonds. The topological polar surface area (TPSA) is 127 Å². The van der Waals surface area contributed by atoms with Crippen molar-refractivity contribution in [3.8, 4) is 11.5 Å². The minimum absolute atomic E-state index is 0.00936. The van der Waals surface area contributed by atoms with Crippen molar-refractivity contribution in [3.05, 3.63) is 64.8 Å². The Labute approximate surface area is 203 Å². The predicted octanol–water partition coefficient (Wildman–Crippen LogP) is 3.40. The summed E-state index contributed by atoms with van der Waals surface area (Å²) in [5.74, 6) is -0.760. The van der Waals surface area contributed by atoms with Crippen LogP contribution in [-0.2, 0) is 19.6 Å². The monoisotopic (exact) mass is 520 g/mol. The van der Waals surface area contributed by atoms with Crippen LogP contribution >= 0.6 is 22.9 Å². The zero-order valence-electron chi connectivity index (χ0n) is 17.7. The van der Waals surface area contributed by atoms with E-state index in [1.807, 2.05) is 0 Å². The van der Waals surface area contributed by atoms with Crippen LogP contribution in [0.5, 0.6) is 11.5 Å². The number of carbonyl (C=O) groups is 2. The van der Waals surface area contributed by atoms with Crippen LogP contribution in [0.3, 0.4) is 0 Å². The van der Waals surface area contributed by atoms with E-state index >= 15 is 0 Å². The van der Waals surface area contributed by atoms with E-state index in [-0.39, 0.29) is 32.2 Å². The van der Waals surface area contributed by atoms with Gasteiger partial charge >= 0.3 is 0 Å². The molecule has 0 fully saturated rings. The first-order chi connectivity index (χ1) is 16.2. The van der Waals surface area contributed by atoms with Crippen molar-refractivity contribution in [2.24, 2.45) is 0 Å². The first-order valence-corrected chi connectivity index (χ1v) is 12.3. The van der Waals surface area contributed by atoms with E-state index in [1.165, 1.54) is 50.7 Å². The molecule has 0 aliphatic carbocycles. The minimum Gasteiger partial charge on any atom is -0.497 e. The van der Waals surface area contributed by atoms with Crippen LogP contribution in [0.25, 0.3) is 0 Å². The van der Waals surface area contributed by atoms with Crippen LogP contribution < -0.4 is 24.4 Å². The highest BCUT2D eigenvalue weighted by Crippen LogP contribution is 2.38. The molecule has 2 aromatic carbocycles. The van der Waals surface area contributed by atoms with E-state index in [1.54, 1.807) is 17.5 Å². The number of hydrogen-bond acceptors (Lipinski definition) is 9. The lowest BCUT2D eigenvalue weighted by atomic mass is 10.2. The fourth-order valence-corrected chi connectivity index (χ4v) is 5.11. The Bertz CT molecular complexity index is 1390. The first kappa shape index (κ1) is 23.5. The summed E-state index contributed by atoms with van der Waals surface area (Å²) in [6.45, 7) is 0. The van der Waals surface area contributed by atoms with Crippen molar-refractivity contribution in [1.29, 1.82) is 0 Å². The number of anilines is 3. The molecule has 0 saturated heterocycles. The molecule has 0 unspecified atom stereocenters. The Morgan fingerprint density at radius 2 is 1.76 bits per heavy atom. The number of ether oxygens (including phenoxy) is 2. The second-order valence-electron chi connectivity index (χ2n) is 6.76. The van der Waals surface area contributed by atoms with Gasteiger partial charge < -0.3 is 14.8 Å². The highest BCUT2D eigenvalue weighted by atomic mass is 35.5. The number of halogens is 1. The fourth-order valence-electron chi connectivity index (χ4n) is 3.11. The van der Waals surface area contributed by atoms with Gasteiger partial charge in [0.05, 0.1) is 24.8 Å². The van der Waals surface area contributed by atoms with Crippen molar-refractivity contribution in [1.82, 2.24) is 4.98 Å². The number of nitrogens with one attached hydrogen (secondary N) is 2. The summed E-state index contributed by atoms with van der Waals surface area (Å²) in [6.07, 6.45) is 1.48. The van der Waals surface area contributed by atoms with Crippen LogP contribution in [0.2, 0.25) is 0 Å². The van der Waals surface area contributed by atoms with Crippen LogP contribution in [0.1, 0.15) is 0 Å². The van der Waals surface area contributed by atoms with Crippen LogP contribution in [-0.4, -0.2) is 39.4 Å². The average molecular weight is 521 g/mol. The molecular weight excluding hydrogens is 504 g/mol. The average Bonchev–Trinajstić information content (AvgIpc) is 3.41. The quantitative estimate of drug-likeness (QED) is 0.433. The Hall–Kier alpha value is -3.61. The number of thiazole rings is 1. The molecule has 13 heteroatoms. The number of rotatable bonds is 8. The van der Waals surface area contributed by atoms with Crippen molar-refractivity contribution >= 4 is 61.3 Å². The second-order valence-corrected chi connectivity index (χ2v) is 9.72. The van der Waals surface area contributed by atoms with Gasteiger partial charge in [-0.15, -0.1) is 11.3 Å². The van der Waals surface area contributed by atoms with Crippen LogP contribution in [0.4, 0.5) is 16.5 Å². The van der Waals surface area contributed by atoms with E-state index in [0.29, 0.717) is 11.4 Å². The van der Waals surface area contributed by atoms with Gasteiger partial charge in [-0.2, -0.15) is 0 Å². The predicted molar refractivity (Wildman–Crippen MR) is 128 cm³/mol. The highest BCUT2D eigenvalue weighted by molar-refractivity contribution is 7.93. The second kappa shape index (κ2) is 9.33. The number of amides is 2. The highest BCUT2D eigenvalue weighted by Gasteiger charge is 2.40. The zero-order chi connectivity index (χ0) is 24.5.